The van der Waals surface area contributed by atoms with E-state index in [9.17, 15) is 14.4 Å². The SMILES string of the molecule is COC(=O)NC(C(=O)NC1CCCC1NC(C)=O)C(C)C. The lowest BCUT2D eigenvalue weighted by Gasteiger charge is -2.26. The number of alkyl carbamates (subject to hydrolysis) is 1. The summed E-state index contributed by atoms with van der Waals surface area (Å²) in [6.45, 7) is 5.16. The van der Waals surface area contributed by atoms with Gasteiger partial charge in [0.2, 0.25) is 11.8 Å². The highest BCUT2D eigenvalue weighted by Gasteiger charge is 2.32. The quantitative estimate of drug-likeness (QED) is 0.690. The molecule has 120 valence electrons. The van der Waals surface area contributed by atoms with E-state index in [0.717, 1.165) is 19.3 Å². The summed E-state index contributed by atoms with van der Waals surface area (Å²) < 4.78 is 4.54. The number of methoxy groups -OCH3 is 1. The minimum atomic E-state index is -0.656. The largest absolute Gasteiger partial charge is 0.453 e. The average molecular weight is 299 g/mol. The van der Waals surface area contributed by atoms with E-state index in [1.165, 1.54) is 14.0 Å². The minimum Gasteiger partial charge on any atom is -0.453 e. The van der Waals surface area contributed by atoms with Crippen molar-refractivity contribution in [1.82, 2.24) is 16.0 Å². The molecule has 3 unspecified atom stereocenters. The van der Waals surface area contributed by atoms with E-state index in [4.69, 9.17) is 0 Å². The number of hydrogen-bond donors (Lipinski definition) is 3. The maximum atomic E-state index is 12.3. The van der Waals surface area contributed by atoms with Gasteiger partial charge in [0, 0.05) is 19.0 Å². The van der Waals surface area contributed by atoms with Gasteiger partial charge in [0.05, 0.1) is 7.11 Å². The summed E-state index contributed by atoms with van der Waals surface area (Å²) in [6, 6.07) is -0.796. The molecule has 1 fully saturated rings. The summed E-state index contributed by atoms with van der Waals surface area (Å²) in [5.74, 6) is -0.420. The van der Waals surface area contributed by atoms with Crippen LogP contribution in [0.5, 0.6) is 0 Å². The van der Waals surface area contributed by atoms with E-state index in [1.807, 2.05) is 13.8 Å². The molecule has 3 N–H and O–H groups in total. The van der Waals surface area contributed by atoms with Crippen molar-refractivity contribution in [3.8, 4) is 0 Å². The number of hydrogen-bond acceptors (Lipinski definition) is 4. The van der Waals surface area contributed by atoms with Gasteiger partial charge < -0.3 is 20.7 Å². The first kappa shape index (κ1) is 17.3. The third-order valence-electron chi connectivity index (χ3n) is 3.64. The second-order valence-electron chi connectivity index (χ2n) is 5.71. The maximum absolute atomic E-state index is 12.3. The lowest BCUT2D eigenvalue weighted by atomic mass is 10.0. The number of rotatable bonds is 5. The number of nitrogens with one attached hydrogen (secondary N) is 3. The summed E-state index contributed by atoms with van der Waals surface area (Å²) in [5, 5.41) is 8.31. The van der Waals surface area contributed by atoms with Crippen LogP contribution in [0.15, 0.2) is 0 Å². The first-order chi connectivity index (χ1) is 9.85. The lowest BCUT2D eigenvalue weighted by molar-refractivity contribution is -0.125. The first-order valence-corrected chi connectivity index (χ1v) is 7.27. The van der Waals surface area contributed by atoms with Gasteiger partial charge in [0.1, 0.15) is 6.04 Å². The van der Waals surface area contributed by atoms with Crippen LogP contribution in [0.3, 0.4) is 0 Å². The average Bonchev–Trinajstić information content (AvgIpc) is 2.81. The molecule has 0 aromatic rings. The molecule has 0 spiro atoms. The van der Waals surface area contributed by atoms with Crippen molar-refractivity contribution in [3.63, 3.8) is 0 Å². The predicted molar refractivity (Wildman–Crippen MR) is 77.6 cm³/mol. The van der Waals surface area contributed by atoms with Crippen molar-refractivity contribution < 1.29 is 19.1 Å². The molecule has 0 radical (unpaired) electrons. The Bertz CT molecular complexity index is 398. The van der Waals surface area contributed by atoms with E-state index >= 15 is 0 Å². The van der Waals surface area contributed by atoms with Gasteiger partial charge in [-0.2, -0.15) is 0 Å². The van der Waals surface area contributed by atoms with Gasteiger partial charge in [-0.1, -0.05) is 13.8 Å². The fraction of sp³-hybridized carbons (Fsp3) is 0.786. The second kappa shape index (κ2) is 7.85. The summed E-state index contributed by atoms with van der Waals surface area (Å²) in [6.07, 6.45) is 1.99. The molecule has 1 aliphatic rings. The Morgan fingerprint density at radius 3 is 2.14 bits per heavy atom. The molecule has 7 nitrogen and oxygen atoms in total. The molecular weight excluding hydrogens is 274 g/mol. The Kier molecular flexibility index (Phi) is 6.45. The highest BCUT2D eigenvalue weighted by molar-refractivity contribution is 5.86. The molecule has 0 bridgehead atoms. The molecule has 7 heteroatoms. The number of amides is 3. The fourth-order valence-electron chi connectivity index (χ4n) is 2.56. The van der Waals surface area contributed by atoms with Gasteiger partial charge in [0.25, 0.3) is 0 Å². The monoisotopic (exact) mass is 299 g/mol. The van der Waals surface area contributed by atoms with Crippen molar-refractivity contribution in [1.29, 1.82) is 0 Å². The van der Waals surface area contributed by atoms with Crippen LogP contribution in [-0.4, -0.2) is 43.1 Å². The van der Waals surface area contributed by atoms with Crippen LogP contribution in [0.1, 0.15) is 40.0 Å². The summed E-state index contributed by atoms with van der Waals surface area (Å²) in [4.78, 5) is 34.8. The normalized spacial score (nSPS) is 22.5. The van der Waals surface area contributed by atoms with Gasteiger partial charge in [0.15, 0.2) is 0 Å². The Labute approximate surface area is 125 Å². The smallest absolute Gasteiger partial charge is 0.407 e. The molecule has 21 heavy (non-hydrogen) atoms. The number of ether oxygens (including phenoxy) is 1. The fourth-order valence-corrected chi connectivity index (χ4v) is 2.56. The molecular formula is C14H25N3O4. The van der Waals surface area contributed by atoms with Gasteiger partial charge in [-0.05, 0) is 25.2 Å². The standard InChI is InChI=1S/C14H25N3O4/c1-8(2)12(17-14(20)21-4)13(19)16-11-7-5-6-10(11)15-9(3)18/h8,10-12H,5-7H2,1-4H3,(H,15,18)(H,16,19)(H,17,20). The van der Waals surface area contributed by atoms with Gasteiger partial charge in [-0.3, -0.25) is 9.59 Å². The van der Waals surface area contributed by atoms with Gasteiger partial charge >= 0.3 is 6.09 Å². The zero-order valence-corrected chi connectivity index (χ0v) is 13.1. The molecule has 1 rings (SSSR count). The first-order valence-electron chi connectivity index (χ1n) is 7.27. The zero-order chi connectivity index (χ0) is 16.0. The van der Waals surface area contributed by atoms with Gasteiger partial charge in [-0.25, -0.2) is 4.79 Å². The van der Waals surface area contributed by atoms with E-state index < -0.39 is 12.1 Å². The van der Waals surface area contributed by atoms with Gasteiger partial charge in [-0.15, -0.1) is 0 Å². The molecule has 3 amide bonds. The second-order valence-corrected chi connectivity index (χ2v) is 5.71. The molecule has 0 saturated heterocycles. The molecule has 3 atom stereocenters. The van der Waals surface area contributed by atoms with Crippen LogP contribution < -0.4 is 16.0 Å². The predicted octanol–water partition coefficient (Wildman–Crippen LogP) is 0.540. The minimum absolute atomic E-state index is 0.0441. The Hall–Kier alpha value is -1.79. The molecule has 0 aromatic heterocycles. The van der Waals surface area contributed by atoms with Crippen molar-refractivity contribution in [2.24, 2.45) is 5.92 Å². The van der Waals surface area contributed by atoms with Crippen LogP contribution in [0, 0.1) is 5.92 Å². The molecule has 0 heterocycles. The van der Waals surface area contributed by atoms with Crippen molar-refractivity contribution in [3.05, 3.63) is 0 Å². The molecule has 1 aliphatic carbocycles. The van der Waals surface area contributed by atoms with Crippen molar-refractivity contribution >= 4 is 17.9 Å². The molecule has 1 saturated carbocycles. The van der Waals surface area contributed by atoms with Crippen molar-refractivity contribution in [2.75, 3.05) is 7.11 Å². The van der Waals surface area contributed by atoms with E-state index in [2.05, 4.69) is 20.7 Å². The lowest BCUT2D eigenvalue weighted by Crippen LogP contribution is -2.55. The van der Waals surface area contributed by atoms with E-state index in [0.29, 0.717) is 0 Å². The highest BCUT2D eigenvalue weighted by atomic mass is 16.5. The van der Waals surface area contributed by atoms with Crippen LogP contribution in [0.4, 0.5) is 4.79 Å². The Morgan fingerprint density at radius 2 is 1.67 bits per heavy atom. The summed E-state index contributed by atoms with van der Waals surface area (Å²) in [7, 11) is 1.26. The number of carbonyl (C=O) groups excluding carboxylic acids is 3. The van der Waals surface area contributed by atoms with Crippen LogP contribution in [0.25, 0.3) is 0 Å². The summed E-state index contributed by atoms with van der Waals surface area (Å²) in [5.41, 5.74) is 0. The molecule has 0 aliphatic heterocycles. The zero-order valence-electron chi connectivity index (χ0n) is 13.1. The maximum Gasteiger partial charge on any atom is 0.407 e. The van der Waals surface area contributed by atoms with E-state index in [-0.39, 0.29) is 29.8 Å². The highest BCUT2D eigenvalue weighted by Crippen LogP contribution is 2.19. The van der Waals surface area contributed by atoms with Crippen LogP contribution >= 0.6 is 0 Å². The van der Waals surface area contributed by atoms with E-state index in [1.54, 1.807) is 0 Å². The molecule has 0 aromatic carbocycles. The number of carbonyl (C=O) groups is 3. The van der Waals surface area contributed by atoms with Crippen LogP contribution in [0.2, 0.25) is 0 Å². The third-order valence-corrected chi connectivity index (χ3v) is 3.64. The summed E-state index contributed by atoms with van der Waals surface area (Å²) >= 11 is 0. The third kappa shape index (κ3) is 5.24. The van der Waals surface area contributed by atoms with Crippen molar-refractivity contribution in [2.45, 2.75) is 58.2 Å². The van der Waals surface area contributed by atoms with Crippen LogP contribution in [-0.2, 0) is 14.3 Å². The Balaban J connectivity index is 2.63. The Morgan fingerprint density at radius 1 is 1.10 bits per heavy atom. The topological polar surface area (TPSA) is 96.5 Å².